The van der Waals surface area contributed by atoms with Crippen LogP contribution in [0.2, 0.25) is 0 Å². The van der Waals surface area contributed by atoms with Crippen molar-refractivity contribution >= 4 is 5.91 Å². The first-order valence-electron chi connectivity index (χ1n) is 8.52. The molecule has 2 aliphatic rings. The van der Waals surface area contributed by atoms with E-state index >= 15 is 0 Å². The summed E-state index contributed by atoms with van der Waals surface area (Å²) in [5.74, 6) is 0.309. The van der Waals surface area contributed by atoms with Gasteiger partial charge in [-0.05, 0) is 37.0 Å². The minimum Gasteiger partial charge on any atom is -0.393 e. The van der Waals surface area contributed by atoms with Crippen molar-refractivity contribution < 1.29 is 14.6 Å². The van der Waals surface area contributed by atoms with E-state index in [9.17, 15) is 9.90 Å². The Morgan fingerprint density at radius 2 is 2.24 bits per heavy atom. The van der Waals surface area contributed by atoms with Crippen LogP contribution < -0.4 is 0 Å². The number of aromatic nitrogens is 4. The number of fused-ring (bicyclic) bond motifs is 1. The third-order valence-electron chi connectivity index (χ3n) is 5.57. The summed E-state index contributed by atoms with van der Waals surface area (Å²) in [4.78, 5) is 15.1. The van der Waals surface area contributed by atoms with E-state index in [2.05, 4.69) is 20.6 Å². The average molecular weight is 343 g/mol. The number of hydrogen-bond donors (Lipinski definition) is 2. The van der Waals surface area contributed by atoms with E-state index in [0.29, 0.717) is 36.3 Å². The Kier molecular flexibility index (Phi) is 4.01. The number of carbonyl (C=O) groups is 1. The van der Waals surface area contributed by atoms with Gasteiger partial charge < -0.3 is 14.7 Å². The molecule has 4 rings (SSSR count). The first-order valence-corrected chi connectivity index (χ1v) is 8.52. The molecule has 0 bridgehead atoms. The third kappa shape index (κ3) is 2.61. The maximum Gasteiger partial charge on any atom is 0.254 e. The van der Waals surface area contributed by atoms with Crippen LogP contribution in [0.15, 0.2) is 24.3 Å². The Hall–Kier alpha value is -2.32. The Morgan fingerprint density at radius 1 is 1.40 bits per heavy atom. The summed E-state index contributed by atoms with van der Waals surface area (Å²) in [5, 5.41) is 24.1. The van der Waals surface area contributed by atoms with Crippen LogP contribution >= 0.6 is 0 Å². The van der Waals surface area contributed by atoms with Crippen molar-refractivity contribution in [2.45, 2.75) is 43.4 Å². The van der Waals surface area contributed by atoms with E-state index in [-0.39, 0.29) is 17.6 Å². The van der Waals surface area contributed by atoms with Gasteiger partial charge in [0.2, 0.25) is 5.82 Å². The Labute approximate surface area is 145 Å². The zero-order valence-electron chi connectivity index (χ0n) is 14.1. The Bertz CT molecular complexity index is 765. The number of aliphatic hydroxyl groups is 1. The predicted molar refractivity (Wildman–Crippen MR) is 88.7 cm³/mol. The predicted octanol–water partition coefficient (Wildman–Crippen LogP) is 1.01. The minimum atomic E-state index is -0.394. The molecule has 0 spiro atoms. The number of methoxy groups -OCH3 is 1. The number of ether oxygens (including phenoxy) is 1. The standard InChI is InChI=1S/C17H21N5O3/c1-25-17-7-6-11(23)10-14(17)22(9-8-17)16(24)13-5-3-2-4-12(13)15-18-20-21-19-15/h2-5,11,14,23H,6-10H2,1H3,(H,18,19,20,21)/t11-,14+,17-/m1/s1. The van der Waals surface area contributed by atoms with Gasteiger partial charge in [0, 0.05) is 19.2 Å². The molecule has 1 saturated heterocycles. The van der Waals surface area contributed by atoms with Crippen molar-refractivity contribution in [1.29, 1.82) is 0 Å². The molecule has 1 aliphatic heterocycles. The van der Waals surface area contributed by atoms with Gasteiger partial charge in [0.1, 0.15) is 0 Å². The van der Waals surface area contributed by atoms with Gasteiger partial charge in [-0.3, -0.25) is 4.79 Å². The summed E-state index contributed by atoms with van der Waals surface area (Å²) in [6, 6.07) is 7.14. The fraction of sp³-hybridized carbons (Fsp3) is 0.529. The normalized spacial score (nSPS) is 28.8. The maximum absolute atomic E-state index is 13.3. The van der Waals surface area contributed by atoms with Gasteiger partial charge in [-0.25, -0.2) is 0 Å². The summed E-state index contributed by atoms with van der Waals surface area (Å²) < 4.78 is 5.83. The van der Waals surface area contributed by atoms with Crippen LogP contribution in [0.3, 0.4) is 0 Å². The zero-order valence-corrected chi connectivity index (χ0v) is 14.1. The smallest absolute Gasteiger partial charge is 0.254 e. The molecule has 1 aromatic heterocycles. The Balaban J connectivity index is 1.68. The molecule has 8 nitrogen and oxygen atoms in total. The van der Waals surface area contributed by atoms with Gasteiger partial charge in [-0.1, -0.05) is 18.2 Å². The fourth-order valence-electron chi connectivity index (χ4n) is 4.21. The molecule has 1 aliphatic carbocycles. The number of nitrogens with one attached hydrogen (secondary N) is 1. The molecule has 2 N–H and O–H groups in total. The third-order valence-corrected chi connectivity index (χ3v) is 5.57. The highest BCUT2D eigenvalue weighted by Crippen LogP contribution is 2.43. The van der Waals surface area contributed by atoms with Crippen LogP contribution in [0.4, 0.5) is 0 Å². The second-order valence-corrected chi connectivity index (χ2v) is 6.74. The number of aromatic amines is 1. The van der Waals surface area contributed by atoms with Crippen LogP contribution in [0.1, 0.15) is 36.0 Å². The molecule has 3 atom stereocenters. The van der Waals surface area contributed by atoms with Crippen molar-refractivity contribution in [3.8, 4) is 11.4 Å². The number of rotatable bonds is 3. The molecule has 132 valence electrons. The summed E-state index contributed by atoms with van der Waals surface area (Å²) in [6.07, 6.45) is 2.42. The lowest BCUT2D eigenvalue weighted by Gasteiger charge is -2.42. The monoisotopic (exact) mass is 343 g/mol. The number of nitrogens with zero attached hydrogens (tertiary/aromatic N) is 4. The van der Waals surface area contributed by atoms with Gasteiger partial charge in [0.25, 0.3) is 5.91 Å². The number of H-pyrrole nitrogens is 1. The van der Waals surface area contributed by atoms with E-state index in [1.165, 1.54) is 0 Å². The highest BCUT2D eigenvalue weighted by atomic mass is 16.5. The quantitative estimate of drug-likeness (QED) is 0.862. The van der Waals surface area contributed by atoms with Gasteiger partial charge >= 0.3 is 0 Å². The van der Waals surface area contributed by atoms with Gasteiger partial charge in [-0.15, -0.1) is 10.2 Å². The van der Waals surface area contributed by atoms with E-state index in [1.54, 1.807) is 13.2 Å². The molecule has 1 amide bonds. The van der Waals surface area contributed by atoms with E-state index < -0.39 is 6.10 Å². The first-order chi connectivity index (χ1) is 12.1. The first kappa shape index (κ1) is 16.2. The summed E-state index contributed by atoms with van der Waals surface area (Å²) in [5.41, 5.74) is 0.832. The number of amides is 1. The number of likely N-dealkylation sites (tertiary alicyclic amines) is 1. The van der Waals surface area contributed by atoms with E-state index in [1.807, 2.05) is 23.1 Å². The highest BCUT2D eigenvalue weighted by molar-refractivity contribution is 6.00. The van der Waals surface area contributed by atoms with Gasteiger partial charge in [0.15, 0.2) is 0 Å². The summed E-state index contributed by atoms with van der Waals surface area (Å²) in [7, 11) is 1.70. The average Bonchev–Trinajstić information content (AvgIpc) is 3.29. The summed E-state index contributed by atoms with van der Waals surface area (Å²) >= 11 is 0. The molecule has 25 heavy (non-hydrogen) atoms. The van der Waals surface area contributed by atoms with Crippen molar-refractivity contribution in [2.24, 2.45) is 0 Å². The second kappa shape index (κ2) is 6.20. The molecule has 2 heterocycles. The van der Waals surface area contributed by atoms with Crippen molar-refractivity contribution in [3.05, 3.63) is 29.8 Å². The molecule has 2 aromatic rings. The molecule has 0 radical (unpaired) electrons. The van der Waals surface area contributed by atoms with E-state index in [4.69, 9.17) is 4.74 Å². The molecule has 1 aromatic carbocycles. The van der Waals surface area contributed by atoms with Gasteiger partial charge in [-0.2, -0.15) is 5.21 Å². The van der Waals surface area contributed by atoms with Crippen LogP contribution in [-0.2, 0) is 4.74 Å². The number of aliphatic hydroxyl groups excluding tert-OH is 1. The second-order valence-electron chi connectivity index (χ2n) is 6.74. The van der Waals surface area contributed by atoms with Crippen molar-refractivity contribution in [2.75, 3.05) is 13.7 Å². The molecule has 0 unspecified atom stereocenters. The fourth-order valence-corrected chi connectivity index (χ4v) is 4.21. The van der Waals surface area contributed by atoms with Crippen LogP contribution in [0.5, 0.6) is 0 Å². The minimum absolute atomic E-state index is 0.0848. The van der Waals surface area contributed by atoms with Crippen LogP contribution in [0, 0.1) is 0 Å². The number of hydrogen-bond acceptors (Lipinski definition) is 6. The lowest BCUT2D eigenvalue weighted by atomic mass is 9.79. The lowest BCUT2D eigenvalue weighted by molar-refractivity contribution is -0.0824. The summed E-state index contributed by atoms with van der Waals surface area (Å²) in [6.45, 7) is 0.616. The van der Waals surface area contributed by atoms with Crippen molar-refractivity contribution in [3.63, 3.8) is 0 Å². The molecule has 2 fully saturated rings. The van der Waals surface area contributed by atoms with E-state index in [0.717, 1.165) is 12.8 Å². The molecule has 1 saturated carbocycles. The molecular weight excluding hydrogens is 322 g/mol. The van der Waals surface area contributed by atoms with Crippen LogP contribution in [0.25, 0.3) is 11.4 Å². The molecular formula is C17H21N5O3. The number of tetrazole rings is 1. The lowest BCUT2D eigenvalue weighted by Crippen LogP contribution is -2.52. The molecule has 8 heteroatoms. The maximum atomic E-state index is 13.3. The van der Waals surface area contributed by atoms with Crippen LogP contribution in [-0.4, -0.2) is 67.9 Å². The largest absolute Gasteiger partial charge is 0.393 e. The SMILES string of the molecule is CO[C@@]12CC[C@@H](O)C[C@@H]1N(C(=O)c1ccccc1-c1nn[nH]n1)CC2. The number of carbonyl (C=O) groups excluding carboxylic acids is 1. The number of benzene rings is 1. The van der Waals surface area contributed by atoms with Crippen molar-refractivity contribution in [1.82, 2.24) is 25.5 Å². The Morgan fingerprint density at radius 3 is 3.00 bits per heavy atom. The topological polar surface area (TPSA) is 104 Å². The highest BCUT2D eigenvalue weighted by Gasteiger charge is 2.52. The zero-order chi connectivity index (χ0) is 17.4. The van der Waals surface area contributed by atoms with Gasteiger partial charge in [0.05, 0.1) is 23.3 Å².